The van der Waals surface area contributed by atoms with Crippen LogP contribution in [0.2, 0.25) is 5.02 Å². The minimum Gasteiger partial charge on any atom is -0.481 e. The van der Waals surface area contributed by atoms with Gasteiger partial charge in [0.05, 0.1) is 11.3 Å². The molecule has 1 heterocycles. The zero-order chi connectivity index (χ0) is 17.1. The fourth-order valence-corrected chi connectivity index (χ4v) is 2.46. The van der Waals surface area contributed by atoms with Crippen LogP contribution in [0.1, 0.15) is 16.8 Å². The van der Waals surface area contributed by atoms with Crippen molar-refractivity contribution in [2.24, 2.45) is 0 Å². The van der Waals surface area contributed by atoms with E-state index in [0.29, 0.717) is 22.5 Å². The fourth-order valence-electron chi connectivity index (χ4n) is 2.22. The van der Waals surface area contributed by atoms with Crippen LogP contribution in [0.4, 0.5) is 17.2 Å². The molecule has 2 aromatic rings. The summed E-state index contributed by atoms with van der Waals surface area (Å²) in [5.74, 6) is -0.867. The maximum atomic E-state index is 11.2. The number of aliphatic carboxylic acids is 1. The lowest BCUT2D eigenvalue weighted by molar-refractivity contribution is -0.384. The number of anilines is 2. The molecule has 7 nitrogen and oxygen atoms in total. The minimum absolute atomic E-state index is 0.110. The number of carboxylic acids is 1. The van der Waals surface area contributed by atoms with Crippen molar-refractivity contribution in [1.82, 2.24) is 4.98 Å². The van der Waals surface area contributed by atoms with Crippen LogP contribution >= 0.6 is 11.6 Å². The summed E-state index contributed by atoms with van der Waals surface area (Å²) in [6.07, 6.45) is -0.193. The Hall–Kier alpha value is -2.67. The highest BCUT2D eigenvalue weighted by atomic mass is 35.5. The molecule has 0 aliphatic carbocycles. The highest BCUT2D eigenvalue weighted by Gasteiger charge is 2.20. The van der Waals surface area contributed by atoms with Crippen molar-refractivity contribution < 1.29 is 14.8 Å². The van der Waals surface area contributed by atoms with Gasteiger partial charge in [-0.1, -0.05) is 17.7 Å². The van der Waals surface area contributed by atoms with Gasteiger partial charge in [-0.3, -0.25) is 14.9 Å². The van der Waals surface area contributed by atoms with E-state index in [2.05, 4.69) is 10.3 Å². The van der Waals surface area contributed by atoms with Crippen molar-refractivity contribution >= 4 is 34.8 Å². The smallest absolute Gasteiger partial charge is 0.314 e. The van der Waals surface area contributed by atoms with Gasteiger partial charge in [0.15, 0.2) is 0 Å². The second-order valence-electron chi connectivity index (χ2n) is 5.04. The molecule has 1 aromatic carbocycles. The lowest BCUT2D eigenvalue weighted by atomic mass is 10.1. The molecule has 2 N–H and O–H groups in total. The molecule has 0 radical (unpaired) electrons. The Morgan fingerprint density at radius 3 is 2.65 bits per heavy atom. The number of pyridine rings is 1. The summed E-state index contributed by atoms with van der Waals surface area (Å²) >= 11 is 6.05. The van der Waals surface area contributed by atoms with E-state index in [0.717, 1.165) is 0 Å². The van der Waals surface area contributed by atoms with Gasteiger partial charge >= 0.3 is 11.7 Å². The van der Waals surface area contributed by atoms with Gasteiger partial charge in [-0.05, 0) is 37.6 Å². The summed E-state index contributed by atoms with van der Waals surface area (Å²) in [7, 11) is 0. The first-order valence-corrected chi connectivity index (χ1v) is 7.05. The molecule has 8 heteroatoms. The van der Waals surface area contributed by atoms with Gasteiger partial charge in [0.25, 0.3) is 0 Å². The van der Waals surface area contributed by atoms with Gasteiger partial charge in [0, 0.05) is 22.0 Å². The Labute approximate surface area is 137 Å². The number of carbonyl (C=O) groups is 1. The maximum absolute atomic E-state index is 11.2. The molecule has 0 aliphatic rings. The van der Waals surface area contributed by atoms with Crippen molar-refractivity contribution in [2.75, 3.05) is 5.32 Å². The first kappa shape index (κ1) is 16.7. The van der Waals surface area contributed by atoms with E-state index in [4.69, 9.17) is 16.7 Å². The molecule has 23 heavy (non-hydrogen) atoms. The minimum atomic E-state index is -0.987. The third kappa shape index (κ3) is 3.95. The molecule has 2 rings (SSSR count). The zero-order valence-corrected chi connectivity index (χ0v) is 13.2. The molecule has 120 valence electrons. The molecule has 0 atom stereocenters. The second-order valence-corrected chi connectivity index (χ2v) is 5.44. The first-order chi connectivity index (χ1) is 10.8. The Morgan fingerprint density at radius 2 is 2.09 bits per heavy atom. The first-order valence-electron chi connectivity index (χ1n) is 6.68. The standard InChI is InChI=1S/C15H14ClN3O4/c1-8-5-9(2)17-15(14(8)19(22)23)18-11-4-3-10(6-13(20)21)12(16)7-11/h3-5,7H,6H2,1-2H3,(H,17,18)(H,20,21). The fraction of sp³-hybridized carbons (Fsp3) is 0.200. The van der Waals surface area contributed by atoms with Crippen molar-refractivity contribution in [3.05, 3.63) is 56.2 Å². The van der Waals surface area contributed by atoms with E-state index in [-0.39, 0.29) is 22.9 Å². The quantitative estimate of drug-likeness (QED) is 0.638. The van der Waals surface area contributed by atoms with Crippen LogP contribution in [-0.4, -0.2) is 21.0 Å². The number of rotatable bonds is 5. The lowest BCUT2D eigenvalue weighted by Crippen LogP contribution is -2.04. The lowest BCUT2D eigenvalue weighted by Gasteiger charge is -2.10. The molecule has 0 aliphatic heterocycles. The van der Waals surface area contributed by atoms with E-state index in [1.807, 2.05) is 0 Å². The average molecular weight is 336 g/mol. The Balaban J connectivity index is 2.38. The predicted octanol–water partition coefficient (Wildman–Crippen LogP) is 3.63. The molecular formula is C15H14ClN3O4. The van der Waals surface area contributed by atoms with Crippen LogP contribution in [0, 0.1) is 24.0 Å². The van der Waals surface area contributed by atoms with Crippen molar-refractivity contribution in [3.63, 3.8) is 0 Å². The van der Waals surface area contributed by atoms with Crippen LogP contribution in [0.3, 0.4) is 0 Å². The number of aryl methyl sites for hydroxylation is 2. The van der Waals surface area contributed by atoms with Crippen molar-refractivity contribution in [1.29, 1.82) is 0 Å². The number of aromatic nitrogens is 1. The summed E-state index contributed by atoms with van der Waals surface area (Å²) in [5, 5.41) is 23.2. The number of nitrogens with one attached hydrogen (secondary N) is 1. The SMILES string of the molecule is Cc1cc(C)c([N+](=O)[O-])c(Nc2ccc(CC(=O)O)c(Cl)c2)n1. The Kier molecular flexibility index (Phi) is 4.80. The summed E-state index contributed by atoms with van der Waals surface area (Å²) in [4.78, 5) is 25.6. The summed E-state index contributed by atoms with van der Waals surface area (Å²) < 4.78 is 0. The summed E-state index contributed by atoms with van der Waals surface area (Å²) in [6, 6.07) is 6.32. The molecular weight excluding hydrogens is 322 g/mol. The number of nitrogens with zero attached hydrogens (tertiary/aromatic N) is 2. The molecule has 0 bridgehead atoms. The molecule has 0 saturated heterocycles. The van der Waals surface area contributed by atoms with Crippen molar-refractivity contribution in [3.8, 4) is 0 Å². The molecule has 0 fully saturated rings. The highest BCUT2D eigenvalue weighted by Crippen LogP contribution is 2.31. The van der Waals surface area contributed by atoms with Crippen LogP contribution in [0.15, 0.2) is 24.3 Å². The largest absolute Gasteiger partial charge is 0.481 e. The predicted molar refractivity (Wildman–Crippen MR) is 86.4 cm³/mol. The number of nitro groups is 1. The molecule has 0 saturated carbocycles. The number of hydrogen-bond donors (Lipinski definition) is 2. The van der Waals surface area contributed by atoms with Gasteiger partial charge < -0.3 is 10.4 Å². The number of carboxylic acid groups (broad SMARTS) is 1. The highest BCUT2D eigenvalue weighted by molar-refractivity contribution is 6.31. The maximum Gasteiger partial charge on any atom is 0.314 e. The third-order valence-electron chi connectivity index (χ3n) is 3.15. The van der Waals surface area contributed by atoms with E-state index in [1.54, 1.807) is 32.0 Å². The zero-order valence-electron chi connectivity index (χ0n) is 12.5. The molecule has 0 unspecified atom stereocenters. The molecule has 1 aromatic heterocycles. The van der Waals surface area contributed by atoms with Crippen LogP contribution in [0.5, 0.6) is 0 Å². The van der Waals surface area contributed by atoms with Gasteiger partial charge in [-0.15, -0.1) is 0 Å². The van der Waals surface area contributed by atoms with E-state index in [1.165, 1.54) is 6.07 Å². The summed E-state index contributed by atoms with van der Waals surface area (Å²) in [5.41, 5.74) is 1.99. The van der Waals surface area contributed by atoms with E-state index in [9.17, 15) is 14.9 Å². The van der Waals surface area contributed by atoms with Gasteiger partial charge in [-0.25, -0.2) is 4.98 Å². The normalized spacial score (nSPS) is 10.4. The van der Waals surface area contributed by atoms with Crippen LogP contribution in [0.25, 0.3) is 0 Å². The van der Waals surface area contributed by atoms with E-state index >= 15 is 0 Å². The number of benzene rings is 1. The summed E-state index contributed by atoms with van der Waals surface area (Å²) in [6.45, 7) is 3.38. The van der Waals surface area contributed by atoms with Crippen LogP contribution in [-0.2, 0) is 11.2 Å². The van der Waals surface area contributed by atoms with Gasteiger partial charge in [-0.2, -0.15) is 0 Å². The van der Waals surface area contributed by atoms with Crippen LogP contribution < -0.4 is 5.32 Å². The van der Waals surface area contributed by atoms with Gasteiger partial charge in [0.2, 0.25) is 5.82 Å². The van der Waals surface area contributed by atoms with Gasteiger partial charge in [0.1, 0.15) is 0 Å². The topological polar surface area (TPSA) is 105 Å². The molecule has 0 spiro atoms. The second kappa shape index (κ2) is 6.62. The Bertz CT molecular complexity index is 793. The number of halogens is 1. The Morgan fingerprint density at radius 1 is 1.39 bits per heavy atom. The number of hydrogen-bond acceptors (Lipinski definition) is 5. The van der Waals surface area contributed by atoms with E-state index < -0.39 is 10.9 Å². The average Bonchev–Trinajstić information content (AvgIpc) is 2.40. The molecule has 0 amide bonds. The third-order valence-corrected chi connectivity index (χ3v) is 3.50. The monoisotopic (exact) mass is 335 g/mol. The van der Waals surface area contributed by atoms with Crippen molar-refractivity contribution in [2.45, 2.75) is 20.3 Å².